The van der Waals surface area contributed by atoms with Crippen LogP contribution in [0.1, 0.15) is 5.56 Å². The Morgan fingerprint density at radius 3 is 3.00 bits per heavy atom. The number of aromatic nitrogens is 4. The lowest BCUT2D eigenvalue weighted by atomic mass is 10.2. The van der Waals surface area contributed by atoms with E-state index in [9.17, 15) is 4.91 Å². The predicted octanol–water partition coefficient (Wildman–Crippen LogP) is 1.85. The number of nitrogen functional groups attached to an aromatic ring is 1. The molecule has 0 atom stereocenters. The largest absolute Gasteiger partial charge is 0.399 e. The third-order valence-corrected chi connectivity index (χ3v) is 2.73. The Hall–Kier alpha value is -2.83. The van der Waals surface area contributed by atoms with Crippen LogP contribution in [-0.2, 0) is 6.54 Å². The van der Waals surface area contributed by atoms with Crippen molar-refractivity contribution in [3.8, 4) is 0 Å². The highest BCUT2D eigenvalue weighted by Gasteiger charge is 2.07. The maximum absolute atomic E-state index is 10.5. The number of nitrogens with two attached hydrogens (primary N) is 1. The summed E-state index contributed by atoms with van der Waals surface area (Å²) in [6.07, 6.45) is 3.13. The Bertz CT molecular complexity index is 751. The average Bonchev–Trinajstić information content (AvgIpc) is 2.81. The van der Waals surface area contributed by atoms with Crippen LogP contribution in [0.3, 0.4) is 0 Å². The number of nitroso groups, excluding NO2 is 1. The number of imidazole rings is 1. The summed E-state index contributed by atoms with van der Waals surface area (Å²) in [4.78, 5) is 22.5. The van der Waals surface area contributed by atoms with Crippen molar-refractivity contribution in [3.05, 3.63) is 47.3 Å². The normalized spacial score (nSPS) is 10.7. The standard InChI is InChI=1S/C12H10N6O/c13-9-3-1-2-8(4-9)6-18-7-15-10-5-14-12(17-19)16-11(10)18/h1-5,7H,6,13H2. The van der Waals surface area contributed by atoms with E-state index >= 15 is 0 Å². The van der Waals surface area contributed by atoms with Gasteiger partial charge in [0.2, 0.25) is 0 Å². The second-order valence-electron chi connectivity index (χ2n) is 4.09. The number of benzene rings is 1. The number of nitrogens with zero attached hydrogens (tertiary/aromatic N) is 5. The summed E-state index contributed by atoms with van der Waals surface area (Å²) in [6.45, 7) is 0.566. The molecule has 2 aromatic heterocycles. The van der Waals surface area contributed by atoms with Crippen LogP contribution in [0, 0.1) is 4.91 Å². The molecule has 0 spiro atoms. The van der Waals surface area contributed by atoms with Crippen LogP contribution in [-0.4, -0.2) is 19.5 Å². The lowest BCUT2D eigenvalue weighted by molar-refractivity contribution is 0.813. The van der Waals surface area contributed by atoms with Crippen LogP contribution in [0.4, 0.5) is 11.6 Å². The van der Waals surface area contributed by atoms with Gasteiger partial charge in [-0.05, 0) is 17.7 Å². The van der Waals surface area contributed by atoms with E-state index in [0.717, 1.165) is 5.56 Å². The van der Waals surface area contributed by atoms with Crippen molar-refractivity contribution in [1.82, 2.24) is 19.5 Å². The molecule has 0 aliphatic carbocycles. The van der Waals surface area contributed by atoms with E-state index in [2.05, 4.69) is 20.1 Å². The summed E-state index contributed by atoms with van der Waals surface area (Å²) in [7, 11) is 0. The van der Waals surface area contributed by atoms with Gasteiger partial charge >= 0.3 is 0 Å². The second kappa shape index (κ2) is 4.45. The van der Waals surface area contributed by atoms with Crippen molar-refractivity contribution in [2.24, 2.45) is 5.18 Å². The average molecular weight is 254 g/mol. The van der Waals surface area contributed by atoms with Crippen molar-refractivity contribution >= 4 is 22.8 Å². The first-order valence-electron chi connectivity index (χ1n) is 5.62. The minimum absolute atomic E-state index is 0.0955. The van der Waals surface area contributed by atoms with Gasteiger partial charge < -0.3 is 10.3 Å². The summed E-state index contributed by atoms with van der Waals surface area (Å²) >= 11 is 0. The zero-order valence-electron chi connectivity index (χ0n) is 9.89. The van der Waals surface area contributed by atoms with E-state index in [0.29, 0.717) is 23.4 Å². The van der Waals surface area contributed by atoms with Crippen LogP contribution in [0.5, 0.6) is 0 Å². The monoisotopic (exact) mass is 254 g/mol. The van der Waals surface area contributed by atoms with Crippen LogP contribution < -0.4 is 5.73 Å². The molecule has 3 aromatic rings. The molecule has 0 fully saturated rings. The van der Waals surface area contributed by atoms with Gasteiger partial charge in [0.25, 0.3) is 5.95 Å². The van der Waals surface area contributed by atoms with Gasteiger partial charge in [-0.15, -0.1) is 4.91 Å². The van der Waals surface area contributed by atoms with Crippen molar-refractivity contribution < 1.29 is 0 Å². The molecule has 7 heteroatoms. The van der Waals surface area contributed by atoms with Crippen molar-refractivity contribution in [2.45, 2.75) is 6.54 Å². The first-order valence-corrected chi connectivity index (χ1v) is 5.62. The van der Waals surface area contributed by atoms with Crippen LogP contribution in [0.25, 0.3) is 11.2 Å². The van der Waals surface area contributed by atoms with Gasteiger partial charge in [-0.1, -0.05) is 12.1 Å². The molecule has 0 saturated heterocycles. The molecular weight excluding hydrogens is 244 g/mol. The van der Waals surface area contributed by atoms with Gasteiger partial charge in [0.05, 0.1) is 19.1 Å². The summed E-state index contributed by atoms with van der Waals surface area (Å²) in [5.74, 6) is -0.0955. The van der Waals surface area contributed by atoms with E-state index in [-0.39, 0.29) is 5.95 Å². The van der Waals surface area contributed by atoms with Gasteiger partial charge in [-0.3, -0.25) is 0 Å². The lowest BCUT2D eigenvalue weighted by Gasteiger charge is -2.04. The van der Waals surface area contributed by atoms with Crippen molar-refractivity contribution in [1.29, 1.82) is 0 Å². The quantitative estimate of drug-likeness (QED) is 0.568. The lowest BCUT2D eigenvalue weighted by Crippen LogP contribution is -2.00. The van der Waals surface area contributed by atoms with Crippen LogP contribution >= 0.6 is 0 Å². The minimum Gasteiger partial charge on any atom is -0.399 e. The number of rotatable bonds is 3. The highest BCUT2D eigenvalue weighted by molar-refractivity contribution is 5.70. The molecule has 3 rings (SSSR count). The zero-order chi connectivity index (χ0) is 13.2. The smallest absolute Gasteiger partial charge is 0.293 e. The maximum atomic E-state index is 10.5. The highest BCUT2D eigenvalue weighted by Crippen LogP contribution is 2.15. The summed E-state index contributed by atoms with van der Waals surface area (Å²) in [5, 5.41) is 2.73. The molecular formula is C12H10N6O. The fourth-order valence-corrected chi connectivity index (χ4v) is 1.89. The number of hydrogen-bond donors (Lipinski definition) is 1. The second-order valence-corrected chi connectivity index (χ2v) is 4.09. The first kappa shape index (κ1) is 11.3. The van der Waals surface area contributed by atoms with Crippen molar-refractivity contribution in [2.75, 3.05) is 5.73 Å². The van der Waals surface area contributed by atoms with E-state index in [4.69, 9.17) is 5.73 Å². The SMILES string of the molecule is Nc1cccc(Cn2cnc3cnc(N=O)nc32)c1. The third kappa shape index (κ3) is 2.13. The number of hydrogen-bond acceptors (Lipinski definition) is 6. The number of fused-ring (bicyclic) bond motifs is 1. The summed E-state index contributed by atoms with van der Waals surface area (Å²) < 4.78 is 1.82. The fourth-order valence-electron chi connectivity index (χ4n) is 1.89. The van der Waals surface area contributed by atoms with E-state index in [1.165, 1.54) is 6.20 Å². The van der Waals surface area contributed by atoms with Gasteiger partial charge in [-0.2, -0.15) is 4.98 Å². The highest BCUT2D eigenvalue weighted by atomic mass is 16.3. The Morgan fingerprint density at radius 2 is 2.21 bits per heavy atom. The van der Waals surface area contributed by atoms with Gasteiger partial charge in [0.1, 0.15) is 5.52 Å². The summed E-state index contributed by atoms with van der Waals surface area (Å²) in [5.41, 5.74) is 8.66. The molecule has 0 unspecified atom stereocenters. The molecule has 0 amide bonds. The molecule has 2 heterocycles. The van der Waals surface area contributed by atoms with Crippen molar-refractivity contribution in [3.63, 3.8) is 0 Å². The molecule has 1 aromatic carbocycles. The molecule has 7 nitrogen and oxygen atoms in total. The third-order valence-electron chi connectivity index (χ3n) is 2.73. The molecule has 94 valence electrons. The van der Waals surface area contributed by atoms with E-state index in [1.807, 2.05) is 28.8 Å². The molecule has 2 N–H and O–H groups in total. The zero-order valence-corrected chi connectivity index (χ0v) is 9.89. The Labute approximate surface area is 108 Å². The Balaban J connectivity index is 2.03. The van der Waals surface area contributed by atoms with E-state index < -0.39 is 0 Å². The Kier molecular flexibility index (Phi) is 2.64. The molecule has 0 saturated carbocycles. The fraction of sp³-hybridized carbons (Fsp3) is 0.0833. The molecule has 0 bridgehead atoms. The molecule has 0 aliphatic rings. The van der Waals surface area contributed by atoms with Gasteiger partial charge in [0.15, 0.2) is 5.65 Å². The topological polar surface area (TPSA) is 99.0 Å². The molecule has 0 radical (unpaired) electrons. The van der Waals surface area contributed by atoms with E-state index in [1.54, 1.807) is 6.33 Å². The van der Waals surface area contributed by atoms with Crippen LogP contribution in [0.15, 0.2) is 42.0 Å². The van der Waals surface area contributed by atoms with Gasteiger partial charge in [0, 0.05) is 10.9 Å². The predicted molar refractivity (Wildman–Crippen MR) is 70.7 cm³/mol. The summed E-state index contributed by atoms with van der Waals surface area (Å²) in [6, 6.07) is 7.55. The Morgan fingerprint density at radius 1 is 1.32 bits per heavy atom. The van der Waals surface area contributed by atoms with Gasteiger partial charge in [-0.25, -0.2) is 9.97 Å². The molecule has 0 aliphatic heterocycles. The first-order chi connectivity index (χ1) is 9.26. The minimum atomic E-state index is -0.0955. The van der Waals surface area contributed by atoms with Crippen LogP contribution in [0.2, 0.25) is 0 Å². The maximum Gasteiger partial charge on any atom is 0.293 e. The molecule has 19 heavy (non-hydrogen) atoms. The number of anilines is 1.